The third-order valence-corrected chi connectivity index (χ3v) is 9.52. The standard InChI is InChI=1S/C29H28N4O/c1-15-20(30-3)12-16-13-29(15,2)33-22-11-7-5-9-18(22)23-19-14-31-28(34)25(19)24-17-8-4-6-10-21(17)32(16)26(24)27(23)33/h4-11,15-16,20,30H,12-14H2,1-3H3,(H,31,34)/t15-,16-,20-,29-/m0/s1. The van der Waals surface area contributed by atoms with Gasteiger partial charge in [-0.15, -0.1) is 0 Å². The molecule has 0 spiro atoms. The van der Waals surface area contributed by atoms with Crippen LogP contribution in [0.3, 0.4) is 0 Å². The van der Waals surface area contributed by atoms with Gasteiger partial charge in [0.25, 0.3) is 5.91 Å². The quantitative estimate of drug-likeness (QED) is 0.359. The summed E-state index contributed by atoms with van der Waals surface area (Å²) in [5.74, 6) is 0.531. The molecule has 5 heteroatoms. The molecule has 0 saturated heterocycles. The highest BCUT2D eigenvalue weighted by molar-refractivity contribution is 6.31. The average Bonchev–Trinajstić information content (AvgIpc) is 3.48. The zero-order valence-corrected chi connectivity index (χ0v) is 19.8. The Bertz CT molecular complexity index is 1720. The maximum Gasteiger partial charge on any atom is 0.252 e. The summed E-state index contributed by atoms with van der Waals surface area (Å²) in [4.78, 5) is 13.3. The van der Waals surface area contributed by atoms with E-state index in [4.69, 9.17) is 0 Å². The maximum atomic E-state index is 13.3. The van der Waals surface area contributed by atoms with Crippen molar-refractivity contribution >= 4 is 49.5 Å². The van der Waals surface area contributed by atoms with Gasteiger partial charge in [0.15, 0.2) is 0 Å². The lowest BCUT2D eigenvalue weighted by molar-refractivity contribution is 0.0822. The molecular weight excluding hydrogens is 420 g/mol. The molecule has 3 aliphatic rings. The number of nitrogens with zero attached hydrogens (tertiary/aromatic N) is 2. The van der Waals surface area contributed by atoms with E-state index in [2.05, 4.69) is 89.2 Å². The molecule has 4 heterocycles. The van der Waals surface area contributed by atoms with Crippen molar-refractivity contribution in [2.75, 3.05) is 7.05 Å². The Morgan fingerprint density at radius 3 is 2.47 bits per heavy atom. The van der Waals surface area contributed by atoms with Crippen molar-refractivity contribution in [1.82, 2.24) is 19.8 Å². The van der Waals surface area contributed by atoms with Crippen molar-refractivity contribution in [3.8, 4) is 0 Å². The molecule has 4 atom stereocenters. The minimum absolute atomic E-state index is 0.0464. The van der Waals surface area contributed by atoms with E-state index >= 15 is 0 Å². The van der Waals surface area contributed by atoms with Crippen LogP contribution in [-0.4, -0.2) is 28.1 Å². The van der Waals surface area contributed by atoms with E-state index in [0.717, 1.165) is 23.8 Å². The molecule has 1 amide bonds. The highest BCUT2D eigenvalue weighted by atomic mass is 16.1. The summed E-state index contributed by atoms with van der Waals surface area (Å²) in [6.07, 6.45) is 2.17. The van der Waals surface area contributed by atoms with E-state index in [9.17, 15) is 4.79 Å². The van der Waals surface area contributed by atoms with Crippen molar-refractivity contribution in [1.29, 1.82) is 0 Å². The van der Waals surface area contributed by atoms with Crippen LogP contribution in [0.4, 0.5) is 0 Å². The molecule has 34 heavy (non-hydrogen) atoms. The van der Waals surface area contributed by atoms with E-state index in [0.29, 0.717) is 24.5 Å². The Hall–Kier alpha value is -3.31. The van der Waals surface area contributed by atoms with Crippen LogP contribution < -0.4 is 10.6 Å². The average molecular weight is 449 g/mol. The first-order chi connectivity index (χ1) is 16.5. The summed E-state index contributed by atoms with van der Waals surface area (Å²) in [5, 5.41) is 11.7. The van der Waals surface area contributed by atoms with Gasteiger partial charge in [0.05, 0.1) is 16.6 Å². The largest absolute Gasteiger partial charge is 0.348 e. The lowest BCUT2D eigenvalue weighted by Gasteiger charge is -2.48. The SMILES string of the molecule is CN[C@H]1C[C@H]2C[C@@](C)([C@H]1C)n1c3ccccc3c3c4c(c5c6ccccc6n2c5c31)C(=O)NC4. The van der Waals surface area contributed by atoms with Crippen molar-refractivity contribution in [3.05, 3.63) is 59.7 Å². The number of carbonyl (C=O) groups excluding carboxylic acids is 1. The van der Waals surface area contributed by atoms with Gasteiger partial charge in [0.2, 0.25) is 0 Å². The third-order valence-electron chi connectivity index (χ3n) is 9.52. The minimum Gasteiger partial charge on any atom is -0.348 e. The fourth-order valence-electron chi connectivity index (χ4n) is 7.93. The van der Waals surface area contributed by atoms with Crippen LogP contribution in [-0.2, 0) is 12.1 Å². The first kappa shape index (κ1) is 19.0. The predicted molar refractivity (Wildman–Crippen MR) is 138 cm³/mol. The monoisotopic (exact) mass is 448 g/mol. The first-order valence-electron chi connectivity index (χ1n) is 12.5. The van der Waals surface area contributed by atoms with Crippen LogP contribution in [0.2, 0.25) is 0 Å². The number of para-hydroxylation sites is 2. The molecule has 5 nitrogen and oxygen atoms in total. The fourth-order valence-corrected chi connectivity index (χ4v) is 7.93. The number of nitrogens with one attached hydrogen (secondary N) is 2. The summed E-state index contributed by atoms with van der Waals surface area (Å²) in [6, 6.07) is 18.3. The Morgan fingerprint density at radius 1 is 1.00 bits per heavy atom. The molecule has 3 aromatic carbocycles. The predicted octanol–water partition coefficient (Wildman–Crippen LogP) is 5.43. The summed E-state index contributed by atoms with van der Waals surface area (Å²) in [5.41, 5.74) is 7.12. The number of rotatable bonds is 1. The highest BCUT2D eigenvalue weighted by Gasteiger charge is 2.49. The molecule has 8 rings (SSSR count). The molecule has 2 aromatic heterocycles. The molecule has 170 valence electrons. The third kappa shape index (κ3) is 1.93. The van der Waals surface area contributed by atoms with Gasteiger partial charge in [-0.2, -0.15) is 0 Å². The van der Waals surface area contributed by atoms with Crippen LogP contribution in [0.5, 0.6) is 0 Å². The van der Waals surface area contributed by atoms with E-state index in [-0.39, 0.29) is 11.4 Å². The van der Waals surface area contributed by atoms with Crippen LogP contribution in [0.1, 0.15) is 48.7 Å². The van der Waals surface area contributed by atoms with Crippen molar-refractivity contribution in [2.45, 2.75) is 50.9 Å². The molecule has 2 aliphatic heterocycles. The highest BCUT2D eigenvalue weighted by Crippen LogP contribution is 2.55. The van der Waals surface area contributed by atoms with Gasteiger partial charge in [-0.1, -0.05) is 43.3 Å². The Balaban J connectivity index is 1.74. The molecule has 0 radical (unpaired) electrons. The summed E-state index contributed by atoms with van der Waals surface area (Å²) in [6.45, 7) is 5.49. The Kier molecular flexibility index (Phi) is 3.37. The second-order valence-electron chi connectivity index (χ2n) is 10.9. The van der Waals surface area contributed by atoms with Crippen molar-refractivity contribution in [2.24, 2.45) is 5.92 Å². The molecule has 2 N–H and O–H groups in total. The lowest BCUT2D eigenvalue weighted by Crippen LogP contribution is -2.52. The molecule has 2 bridgehead atoms. The van der Waals surface area contributed by atoms with Crippen LogP contribution in [0.15, 0.2) is 48.5 Å². The zero-order valence-electron chi connectivity index (χ0n) is 19.8. The smallest absolute Gasteiger partial charge is 0.252 e. The van der Waals surface area contributed by atoms with Crippen LogP contribution in [0.25, 0.3) is 43.6 Å². The van der Waals surface area contributed by atoms with Gasteiger partial charge < -0.3 is 19.8 Å². The second-order valence-corrected chi connectivity index (χ2v) is 10.9. The van der Waals surface area contributed by atoms with Gasteiger partial charge in [0, 0.05) is 56.7 Å². The van der Waals surface area contributed by atoms with Gasteiger partial charge in [-0.25, -0.2) is 0 Å². The number of aromatic nitrogens is 2. The normalized spacial score (nSPS) is 27.7. The van der Waals surface area contributed by atoms with Crippen LogP contribution in [0, 0.1) is 5.92 Å². The van der Waals surface area contributed by atoms with E-state index < -0.39 is 0 Å². The molecule has 0 unspecified atom stereocenters. The van der Waals surface area contributed by atoms with E-state index in [1.54, 1.807) is 0 Å². The number of fused-ring (bicyclic) bond motifs is 13. The molecule has 5 aromatic rings. The van der Waals surface area contributed by atoms with Gasteiger partial charge in [0.1, 0.15) is 0 Å². The topological polar surface area (TPSA) is 51.0 Å². The van der Waals surface area contributed by atoms with Crippen molar-refractivity contribution < 1.29 is 4.79 Å². The molecule has 1 aliphatic carbocycles. The number of benzene rings is 3. The Morgan fingerprint density at radius 2 is 1.71 bits per heavy atom. The van der Waals surface area contributed by atoms with Crippen molar-refractivity contribution in [3.63, 3.8) is 0 Å². The number of hydrogen-bond acceptors (Lipinski definition) is 2. The lowest BCUT2D eigenvalue weighted by atomic mass is 9.69. The van der Waals surface area contributed by atoms with Crippen LogP contribution >= 0.6 is 0 Å². The summed E-state index contributed by atoms with van der Waals surface area (Å²) >= 11 is 0. The summed E-state index contributed by atoms with van der Waals surface area (Å²) < 4.78 is 5.28. The minimum atomic E-state index is -0.0464. The zero-order chi connectivity index (χ0) is 22.9. The van der Waals surface area contributed by atoms with Gasteiger partial charge in [-0.05, 0) is 50.4 Å². The van der Waals surface area contributed by atoms with E-state index in [1.807, 2.05) is 0 Å². The van der Waals surface area contributed by atoms with E-state index in [1.165, 1.54) is 43.8 Å². The Labute approximate surface area is 197 Å². The maximum absolute atomic E-state index is 13.3. The van der Waals surface area contributed by atoms with Gasteiger partial charge >= 0.3 is 0 Å². The molecular formula is C29H28N4O. The number of amides is 1. The first-order valence-corrected chi connectivity index (χ1v) is 12.5. The number of hydrogen-bond donors (Lipinski definition) is 2. The summed E-state index contributed by atoms with van der Waals surface area (Å²) in [7, 11) is 2.11. The fraction of sp³-hybridized carbons (Fsp3) is 0.345. The molecule has 1 fully saturated rings. The second kappa shape index (κ2) is 6.02. The molecule has 1 saturated carbocycles. The van der Waals surface area contributed by atoms with Gasteiger partial charge in [-0.3, -0.25) is 4.79 Å². The number of carbonyl (C=O) groups is 1.